The monoisotopic (exact) mass is 364 g/mol. The summed E-state index contributed by atoms with van der Waals surface area (Å²) in [6.45, 7) is 25.1. The molecule has 1 rings (SSSR count). The maximum atomic E-state index is 10.5. The van der Waals surface area contributed by atoms with E-state index in [1.807, 2.05) is 55.4 Å². The van der Waals surface area contributed by atoms with E-state index in [9.17, 15) is 9.59 Å². The van der Waals surface area contributed by atoms with E-state index < -0.39 is 0 Å². The van der Waals surface area contributed by atoms with Crippen LogP contribution in [0.5, 0.6) is 0 Å². The Labute approximate surface area is 158 Å². The van der Waals surface area contributed by atoms with Gasteiger partial charge < -0.3 is 16.0 Å². The predicted molar refractivity (Wildman–Crippen MR) is 113 cm³/mol. The van der Waals surface area contributed by atoms with Crippen molar-refractivity contribution in [2.45, 2.75) is 69.2 Å². The zero-order valence-corrected chi connectivity index (χ0v) is 19.0. The van der Waals surface area contributed by atoms with Crippen LogP contribution < -0.4 is 16.0 Å². The van der Waals surface area contributed by atoms with E-state index in [-0.39, 0.29) is 11.8 Å². The van der Waals surface area contributed by atoms with Gasteiger partial charge >= 0.3 is 0 Å². The van der Waals surface area contributed by atoms with Gasteiger partial charge in [0, 0.05) is 60.2 Å². The highest BCUT2D eigenvalue weighted by atomic mass is 16.1. The third kappa shape index (κ3) is 45.0. The summed E-state index contributed by atoms with van der Waals surface area (Å²) in [6.07, 6.45) is 0. The fourth-order valence-corrected chi connectivity index (χ4v) is 1.32. The maximum absolute atomic E-state index is 10.5. The average molecular weight is 365 g/mol. The summed E-state index contributed by atoms with van der Waals surface area (Å²) in [5, 5.41) is 8.47. The number of carbonyl (C=O) groups is 2. The van der Waals surface area contributed by atoms with Gasteiger partial charge in [0.05, 0.1) is 0 Å². The molecule has 0 bridgehead atoms. The van der Waals surface area contributed by atoms with Crippen LogP contribution in [0.15, 0.2) is 0 Å². The summed E-state index contributed by atoms with van der Waals surface area (Å²) in [5.41, 5.74) is 0. The number of hydrogen-bond acceptors (Lipinski definition) is 4. The minimum atomic E-state index is 0.00463. The molecular formula is C19H48N4O2. The lowest BCUT2D eigenvalue weighted by molar-refractivity contribution is -0.119. The van der Waals surface area contributed by atoms with E-state index in [0.717, 1.165) is 39.3 Å². The van der Waals surface area contributed by atoms with Crippen LogP contribution >= 0.6 is 0 Å². The molecule has 3 N–H and O–H groups in total. The van der Waals surface area contributed by atoms with Gasteiger partial charge in [0.15, 0.2) is 0 Å². The van der Waals surface area contributed by atoms with Crippen molar-refractivity contribution in [1.29, 1.82) is 0 Å². The molecule has 1 aliphatic heterocycles. The van der Waals surface area contributed by atoms with Crippen LogP contribution in [0.3, 0.4) is 0 Å². The molecule has 0 aromatic rings. The van der Waals surface area contributed by atoms with Gasteiger partial charge in [-0.15, -0.1) is 0 Å². The van der Waals surface area contributed by atoms with Gasteiger partial charge in [-0.3, -0.25) is 14.5 Å². The molecule has 6 nitrogen and oxygen atoms in total. The molecule has 0 aromatic heterocycles. The molecule has 25 heavy (non-hydrogen) atoms. The van der Waals surface area contributed by atoms with Crippen LogP contribution in [0.2, 0.25) is 0 Å². The van der Waals surface area contributed by atoms with Crippen LogP contribution in [0, 0.1) is 0 Å². The topological polar surface area (TPSA) is 73.5 Å². The molecule has 1 heterocycles. The van der Waals surface area contributed by atoms with Gasteiger partial charge in [-0.2, -0.15) is 0 Å². The van der Waals surface area contributed by atoms with Crippen LogP contribution in [-0.2, 0) is 9.59 Å². The summed E-state index contributed by atoms with van der Waals surface area (Å²) in [7, 11) is 1.60. The Hall–Kier alpha value is -1.14. The van der Waals surface area contributed by atoms with E-state index in [1.54, 1.807) is 14.0 Å². The summed E-state index contributed by atoms with van der Waals surface area (Å²) in [6, 6.07) is 0. The SMILES string of the molecule is CC.CC.CC.CC.CC(=O)NCCN1CCNCC1.CNC(C)=O. The molecule has 0 saturated carbocycles. The molecule has 0 spiro atoms. The largest absolute Gasteiger partial charge is 0.359 e. The van der Waals surface area contributed by atoms with Crippen molar-refractivity contribution in [1.82, 2.24) is 20.9 Å². The standard InChI is InChI=1S/C8H17N3O.C3H7NO.4C2H6/c1-8(12)10-4-7-11-5-2-9-3-6-11;1-3(5)4-2;4*1-2/h9H,2-7H2,1H3,(H,10,12);1-2H3,(H,4,5);4*1-2H3. The third-order valence-corrected chi connectivity index (χ3v) is 2.36. The number of nitrogens with zero attached hydrogens (tertiary/aromatic N) is 1. The molecule has 1 fully saturated rings. The molecular weight excluding hydrogens is 316 g/mol. The Bertz CT molecular complexity index is 231. The summed E-state index contributed by atoms with van der Waals surface area (Å²) >= 11 is 0. The predicted octanol–water partition coefficient (Wildman–Crippen LogP) is 2.88. The zero-order valence-electron chi connectivity index (χ0n) is 19.0. The summed E-state index contributed by atoms with van der Waals surface area (Å²) in [4.78, 5) is 22.6. The third-order valence-electron chi connectivity index (χ3n) is 2.36. The van der Waals surface area contributed by atoms with E-state index in [0.29, 0.717) is 0 Å². The van der Waals surface area contributed by atoms with Crippen molar-refractivity contribution < 1.29 is 9.59 Å². The number of piperazine rings is 1. The summed E-state index contributed by atoms with van der Waals surface area (Å²) in [5.74, 6) is 0.0649. The molecule has 1 saturated heterocycles. The fourth-order valence-electron chi connectivity index (χ4n) is 1.32. The fraction of sp³-hybridized carbons (Fsp3) is 0.895. The lowest BCUT2D eigenvalue weighted by atomic mass is 10.3. The molecule has 0 aromatic carbocycles. The second-order valence-corrected chi connectivity index (χ2v) is 3.88. The van der Waals surface area contributed by atoms with Crippen LogP contribution in [0.1, 0.15) is 69.2 Å². The maximum Gasteiger partial charge on any atom is 0.216 e. The van der Waals surface area contributed by atoms with Crippen molar-refractivity contribution in [3.05, 3.63) is 0 Å². The minimum Gasteiger partial charge on any atom is -0.359 e. The van der Waals surface area contributed by atoms with Crippen molar-refractivity contribution in [2.75, 3.05) is 46.3 Å². The molecule has 0 aliphatic carbocycles. The second-order valence-electron chi connectivity index (χ2n) is 3.88. The Kier molecular flexibility index (Phi) is 53.9. The molecule has 156 valence electrons. The van der Waals surface area contributed by atoms with E-state index in [1.165, 1.54) is 6.92 Å². The number of carbonyl (C=O) groups excluding carboxylic acids is 2. The number of rotatable bonds is 3. The Morgan fingerprint density at radius 2 is 1.20 bits per heavy atom. The van der Waals surface area contributed by atoms with Gasteiger partial charge in [0.1, 0.15) is 0 Å². The highest BCUT2D eigenvalue weighted by molar-refractivity contribution is 5.72. The lowest BCUT2D eigenvalue weighted by Crippen LogP contribution is -2.46. The average Bonchev–Trinajstić information content (AvgIpc) is 2.69. The lowest BCUT2D eigenvalue weighted by Gasteiger charge is -2.26. The Balaban J connectivity index is -0.0000000865. The van der Waals surface area contributed by atoms with Gasteiger partial charge in [0.2, 0.25) is 11.8 Å². The Morgan fingerprint density at radius 3 is 1.48 bits per heavy atom. The smallest absolute Gasteiger partial charge is 0.216 e. The Morgan fingerprint density at radius 1 is 0.840 bits per heavy atom. The molecule has 0 atom stereocenters. The van der Waals surface area contributed by atoms with Gasteiger partial charge in [-0.05, 0) is 0 Å². The van der Waals surface area contributed by atoms with Crippen LogP contribution in [0.25, 0.3) is 0 Å². The minimum absolute atomic E-state index is 0.00463. The first kappa shape index (κ1) is 35.1. The van der Waals surface area contributed by atoms with Gasteiger partial charge in [-0.25, -0.2) is 0 Å². The highest BCUT2D eigenvalue weighted by Crippen LogP contribution is 1.89. The van der Waals surface area contributed by atoms with Gasteiger partial charge in [0.25, 0.3) is 0 Å². The number of nitrogens with one attached hydrogen (secondary N) is 3. The van der Waals surface area contributed by atoms with Crippen molar-refractivity contribution >= 4 is 11.8 Å². The molecule has 0 unspecified atom stereocenters. The normalized spacial score (nSPS) is 11.5. The molecule has 2 amide bonds. The first-order valence-electron chi connectivity index (χ1n) is 9.92. The van der Waals surface area contributed by atoms with Gasteiger partial charge in [-0.1, -0.05) is 55.4 Å². The second kappa shape index (κ2) is 38.4. The molecule has 6 heteroatoms. The molecule has 0 radical (unpaired) electrons. The zero-order chi connectivity index (χ0) is 21.1. The first-order chi connectivity index (χ1) is 12.1. The quantitative estimate of drug-likeness (QED) is 0.720. The van der Waals surface area contributed by atoms with Crippen LogP contribution in [-0.4, -0.2) is 63.0 Å². The first-order valence-corrected chi connectivity index (χ1v) is 9.92. The highest BCUT2D eigenvalue weighted by Gasteiger charge is 2.07. The van der Waals surface area contributed by atoms with E-state index in [2.05, 4.69) is 20.9 Å². The van der Waals surface area contributed by atoms with Crippen molar-refractivity contribution in [2.24, 2.45) is 0 Å². The van der Waals surface area contributed by atoms with E-state index >= 15 is 0 Å². The number of amides is 2. The summed E-state index contributed by atoms with van der Waals surface area (Å²) < 4.78 is 0. The molecule has 1 aliphatic rings. The van der Waals surface area contributed by atoms with Crippen molar-refractivity contribution in [3.63, 3.8) is 0 Å². The van der Waals surface area contributed by atoms with Crippen molar-refractivity contribution in [3.8, 4) is 0 Å². The number of hydrogen-bond donors (Lipinski definition) is 3. The van der Waals surface area contributed by atoms with E-state index in [4.69, 9.17) is 0 Å². The van der Waals surface area contributed by atoms with Crippen LogP contribution in [0.4, 0.5) is 0 Å².